The summed E-state index contributed by atoms with van der Waals surface area (Å²) in [6.45, 7) is 5.06. The van der Waals surface area contributed by atoms with Crippen LogP contribution in [0.5, 0.6) is 0 Å². The molecule has 1 aliphatic heterocycles. The van der Waals surface area contributed by atoms with Crippen molar-refractivity contribution in [2.24, 2.45) is 0 Å². The minimum atomic E-state index is -3.45. The van der Waals surface area contributed by atoms with E-state index in [9.17, 15) is 13.2 Å². The number of benzene rings is 2. The molecule has 1 N–H and O–H groups in total. The van der Waals surface area contributed by atoms with Gasteiger partial charge in [0.15, 0.2) is 0 Å². The second-order valence-corrected chi connectivity index (χ2v) is 9.36. The van der Waals surface area contributed by atoms with Crippen molar-refractivity contribution in [1.82, 2.24) is 4.31 Å². The van der Waals surface area contributed by atoms with E-state index in [1.165, 1.54) is 4.90 Å². The number of hydrogen-bond donors (Lipinski definition) is 1. The molecule has 6 nitrogen and oxygen atoms in total. The molecule has 1 fully saturated rings. The first-order chi connectivity index (χ1) is 14.0. The second-order valence-electron chi connectivity index (χ2n) is 7.42. The molecule has 1 aromatic heterocycles. The molecule has 0 saturated carbocycles. The van der Waals surface area contributed by atoms with E-state index in [1.54, 1.807) is 34.6 Å². The molecule has 0 aliphatic carbocycles. The van der Waals surface area contributed by atoms with Crippen molar-refractivity contribution >= 4 is 21.0 Å². The van der Waals surface area contributed by atoms with Gasteiger partial charge in [0.1, 0.15) is 12.1 Å². The van der Waals surface area contributed by atoms with Crippen LogP contribution in [0.2, 0.25) is 0 Å². The number of nitrogens with one attached hydrogen (secondary N) is 1. The predicted molar refractivity (Wildman–Crippen MR) is 111 cm³/mol. The first kappa shape index (κ1) is 19.8. The first-order valence-electron chi connectivity index (χ1n) is 9.92. The smallest absolute Gasteiger partial charge is 0.336 e. The zero-order valence-corrected chi connectivity index (χ0v) is 17.2. The fourth-order valence-electron chi connectivity index (χ4n) is 3.87. The summed E-state index contributed by atoms with van der Waals surface area (Å²) in [6.07, 6.45) is 0.882. The van der Waals surface area contributed by atoms with Crippen molar-refractivity contribution in [1.29, 1.82) is 0 Å². The lowest BCUT2D eigenvalue weighted by Gasteiger charge is -2.31. The maximum absolute atomic E-state index is 12.8. The van der Waals surface area contributed by atoms with Crippen LogP contribution in [0.15, 0.2) is 68.7 Å². The summed E-state index contributed by atoms with van der Waals surface area (Å²) in [5, 5.41) is 0.952. The van der Waals surface area contributed by atoms with E-state index in [-0.39, 0.29) is 5.63 Å². The van der Waals surface area contributed by atoms with Gasteiger partial charge in [0.25, 0.3) is 0 Å². The van der Waals surface area contributed by atoms with Crippen LogP contribution in [-0.4, -0.2) is 38.9 Å². The molecule has 2 aromatic carbocycles. The minimum absolute atomic E-state index is 0.335. The van der Waals surface area contributed by atoms with Crippen LogP contribution < -0.4 is 10.5 Å². The van der Waals surface area contributed by atoms with Gasteiger partial charge in [-0.1, -0.05) is 37.3 Å². The van der Waals surface area contributed by atoms with Crippen molar-refractivity contribution in [2.45, 2.75) is 24.8 Å². The molecule has 152 valence electrons. The Balaban J connectivity index is 1.50. The van der Waals surface area contributed by atoms with Crippen LogP contribution in [0, 0.1) is 0 Å². The molecule has 7 heteroatoms. The second kappa shape index (κ2) is 8.10. The van der Waals surface area contributed by atoms with Crippen molar-refractivity contribution in [3.05, 3.63) is 76.1 Å². The number of piperazine rings is 1. The molecule has 3 aromatic rings. The fraction of sp³-hybridized carbons (Fsp3) is 0.318. The molecule has 0 radical (unpaired) electrons. The Hall–Kier alpha value is -2.48. The van der Waals surface area contributed by atoms with Crippen molar-refractivity contribution in [3.63, 3.8) is 0 Å². The van der Waals surface area contributed by atoms with E-state index < -0.39 is 10.0 Å². The van der Waals surface area contributed by atoms with Crippen LogP contribution in [0.25, 0.3) is 11.0 Å². The van der Waals surface area contributed by atoms with Gasteiger partial charge in [-0.25, -0.2) is 13.2 Å². The van der Waals surface area contributed by atoms with Crippen molar-refractivity contribution < 1.29 is 17.7 Å². The number of hydrogen-bond acceptors (Lipinski definition) is 4. The highest BCUT2D eigenvalue weighted by Gasteiger charge is 2.30. The molecule has 4 rings (SSSR count). The Labute approximate surface area is 170 Å². The van der Waals surface area contributed by atoms with Crippen LogP contribution >= 0.6 is 0 Å². The SMILES string of the molecule is CCc1ccc2c(C[NH+]3CCN(S(=O)(=O)c4ccccc4)CC3)cc(=O)oc2c1. The van der Waals surface area contributed by atoms with Gasteiger partial charge in [-0.15, -0.1) is 0 Å². The molecule has 29 heavy (non-hydrogen) atoms. The highest BCUT2D eigenvalue weighted by molar-refractivity contribution is 7.89. The van der Waals surface area contributed by atoms with Gasteiger partial charge >= 0.3 is 5.63 Å². The number of sulfonamides is 1. The lowest BCUT2D eigenvalue weighted by molar-refractivity contribution is -0.917. The van der Waals surface area contributed by atoms with E-state index in [0.29, 0.717) is 43.2 Å². The van der Waals surface area contributed by atoms with Crippen LogP contribution in [0.3, 0.4) is 0 Å². The Bertz CT molecular complexity index is 1160. The first-order valence-corrected chi connectivity index (χ1v) is 11.4. The van der Waals surface area contributed by atoms with Gasteiger partial charge in [0, 0.05) is 17.0 Å². The summed E-state index contributed by atoms with van der Waals surface area (Å²) in [6, 6.07) is 16.1. The lowest BCUT2D eigenvalue weighted by atomic mass is 10.1. The molecule has 0 bridgehead atoms. The average Bonchev–Trinajstić information content (AvgIpc) is 2.74. The van der Waals surface area contributed by atoms with Gasteiger partial charge in [-0.3, -0.25) is 0 Å². The molecule has 1 aliphatic rings. The molecule has 2 heterocycles. The summed E-state index contributed by atoms with van der Waals surface area (Å²) < 4.78 is 32.5. The van der Waals surface area contributed by atoms with Gasteiger partial charge in [0.05, 0.1) is 31.1 Å². The van der Waals surface area contributed by atoms with Crippen molar-refractivity contribution in [2.75, 3.05) is 26.2 Å². The third-order valence-corrected chi connectivity index (χ3v) is 7.47. The fourth-order valence-corrected chi connectivity index (χ4v) is 5.33. The molecule has 0 spiro atoms. The number of quaternary nitrogens is 1. The van der Waals surface area contributed by atoms with E-state index >= 15 is 0 Å². The maximum Gasteiger partial charge on any atom is 0.336 e. The van der Waals surface area contributed by atoms with Crippen LogP contribution in [-0.2, 0) is 23.0 Å². The maximum atomic E-state index is 12.8. The molecule has 0 unspecified atom stereocenters. The molecule has 0 amide bonds. The third kappa shape index (κ3) is 4.12. The van der Waals surface area contributed by atoms with E-state index in [1.807, 2.05) is 18.2 Å². The number of fused-ring (bicyclic) bond motifs is 1. The number of rotatable bonds is 5. The van der Waals surface area contributed by atoms with Gasteiger partial charge in [-0.2, -0.15) is 4.31 Å². The Morgan fingerprint density at radius 1 is 1.03 bits per heavy atom. The average molecular weight is 414 g/mol. The number of aryl methyl sites for hydroxylation is 1. The Morgan fingerprint density at radius 2 is 1.76 bits per heavy atom. The van der Waals surface area contributed by atoms with E-state index in [4.69, 9.17) is 4.42 Å². The third-order valence-electron chi connectivity index (χ3n) is 5.55. The normalized spacial score (nSPS) is 16.3. The molecule has 0 atom stereocenters. The standard InChI is InChI=1S/C22H24N2O4S/c1-2-17-8-9-20-18(15-22(25)28-21(20)14-17)16-23-10-12-24(13-11-23)29(26,27)19-6-4-3-5-7-19/h3-9,14-15H,2,10-13,16H2,1H3/p+1. The molecule has 1 saturated heterocycles. The summed E-state index contributed by atoms with van der Waals surface area (Å²) >= 11 is 0. The lowest BCUT2D eigenvalue weighted by Crippen LogP contribution is -3.13. The Morgan fingerprint density at radius 3 is 2.45 bits per heavy atom. The topological polar surface area (TPSA) is 72.0 Å². The van der Waals surface area contributed by atoms with Crippen molar-refractivity contribution in [3.8, 4) is 0 Å². The Kier molecular flexibility index (Phi) is 5.54. The van der Waals surface area contributed by atoms with E-state index in [0.717, 1.165) is 22.9 Å². The zero-order chi connectivity index (χ0) is 20.4. The summed E-state index contributed by atoms with van der Waals surface area (Å²) in [5.74, 6) is 0. The summed E-state index contributed by atoms with van der Waals surface area (Å²) in [7, 11) is -3.45. The predicted octanol–water partition coefficient (Wildman–Crippen LogP) is 1.44. The quantitative estimate of drug-likeness (QED) is 0.643. The summed E-state index contributed by atoms with van der Waals surface area (Å²) in [5.41, 5.74) is 2.36. The van der Waals surface area contributed by atoms with Gasteiger partial charge in [0.2, 0.25) is 10.0 Å². The largest absolute Gasteiger partial charge is 0.423 e. The molecular weight excluding hydrogens is 388 g/mol. The minimum Gasteiger partial charge on any atom is -0.423 e. The van der Waals surface area contributed by atoms with Gasteiger partial charge < -0.3 is 9.32 Å². The van der Waals surface area contributed by atoms with E-state index in [2.05, 4.69) is 13.0 Å². The van der Waals surface area contributed by atoms with Crippen LogP contribution in [0.4, 0.5) is 0 Å². The van der Waals surface area contributed by atoms with Gasteiger partial charge in [-0.05, 0) is 30.2 Å². The highest BCUT2D eigenvalue weighted by atomic mass is 32.2. The zero-order valence-electron chi connectivity index (χ0n) is 16.4. The monoisotopic (exact) mass is 413 g/mol. The summed E-state index contributed by atoms with van der Waals surface area (Å²) in [4.78, 5) is 13.6. The number of nitrogens with zero attached hydrogens (tertiary/aromatic N) is 1. The van der Waals surface area contributed by atoms with Crippen LogP contribution in [0.1, 0.15) is 18.1 Å². The molecular formula is C22H25N2O4S+. The highest BCUT2D eigenvalue weighted by Crippen LogP contribution is 2.19.